The first-order valence-electron chi connectivity index (χ1n) is 6.69. The van der Waals surface area contributed by atoms with E-state index in [-0.39, 0.29) is 4.90 Å². The lowest BCUT2D eigenvalue weighted by atomic mass is 10.3. The lowest BCUT2D eigenvalue weighted by Crippen LogP contribution is -2.32. The summed E-state index contributed by atoms with van der Waals surface area (Å²) in [5.74, 6) is 0.357. The Morgan fingerprint density at radius 3 is 2.76 bits per heavy atom. The zero-order valence-electron chi connectivity index (χ0n) is 12.1. The maximum atomic E-state index is 12.6. The van der Waals surface area contributed by atoms with Gasteiger partial charge in [-0.3, -0.25) is 0 Å². The highest BCUT2D eigenvalue weighted by atomic mass is 32.2. The van der Waals surface area contributed by atoms with E-state index in [0.717, 1.165) is 0 Å². The van der Waals surface area contributed by atoms with E-state index >= 15 is 0 Å². The standard InChI is InChI=1S/C14H19N3O2S2/c1-3-17(7-6-12-5-4-8-20-12)21(18,19)13-9-11(2)14(15)16-10-13/h4-5,8-10H,3,6-7H2,1-2H3,(H2,15,16). The number of nitrogens with two attached hydrogens (primary N) is 1. The van der Waals surface area contributed by atoms with Crippen LogP contribution in [0.4, 0.5) is 5.82 Å². The van der Waals surface area contributed by atoms with Crippen LogP contribution in [0.2, 0.25) is 0 Å². The van der Waals surface area contributed by atoms with Crippen LogP contribution in [0, 0.1) is 6.92 Å². The normalized spacial score (nSPS) is 12.0. The van der Waals surface area contributed by atoms with E-state index in [0.29, 0.717) is 30.9 Å². The summed E-state index contributed by atoms with van der Waals surface area (Å²) >= 11 is 1.64. The Morgan fingerprint density at radius 2 is 2.19 bits per heavy atom. The fourth-order valence-electron chi connectivity index (χ4n) is 1.99. The van der Waals surface area contributed by atoms with Crippen molar-refractivity contribution in [2.75, 3.05) is 18.8 Å². The van der Waals surface area contributed by atoms with Gasteiger partial charge < -0.3 is 5.73 Å². The maximum Gasteiger partial charge on any atom is 0.244 e. The average molecular weight is 325 g/mol. The van der Waals surface area contributed by atoms with Crippen molar-refractivity contribution in [2.45, 2.75) is 25.2 Å². The maximum absolute atomic E-state index is 12.6. The molecule has 2 N–H and O–H groups in total. The van der Waals surface area contributed by atoms with E-state index in [1.807, 2.05) is 24.4 Å². The number of nitrogens with zero attached hydrogens (tertiary/aromatic N) is 2. The number of pyridine rings is 1. The van der Waals surface area contributed by atoms with Gasteiger partial charge in [0.15, 0.2) is 0 Å². The summed E-state index contributed by atoms with van der Waals surface area (Å²) in [5, 5.41) is 1.99. The van der Waals surface area contributed by atoms with Crippen molar-refractivity contribution >= 4 is 27.2 Å². The van der Waals surface area contributed by atoms with Crippen molar-refractivity contribution in [3.63, 3.8) is 0 Å². The summed E-state index contributed by atoms with van der Waals surface area (Å²) in [6.45, 7) is 4.48. The Balaban J connectivity index is 2.20. The molecule has 0 aromatic carbocycles. The van der Waals surface area contributed by atoms with Gasteiger partial charge in [-0.1, -0.05) is 13.0 Å². The van der Waals surface area contributed by atoms with Crippen LogP contribution >= 0.6 is 11.3 Å². The smallest absolute Gasteiger partial charge is 0.244 e. The number of anilines is 1. The second-order valence-electron chi connectivity index (χ2n) is 4.70. The van der Waals surface area contributed by atoms with Crippen molar-refractivity contribution < 1.29 is 8.42 Å². The number of thiophene rings is 1. The minimum absolute atomic E-state index is 0.197. The molecule has 21 heavy (non-hydrogen) atoms. The van der Waals surface area contributed by atoms with Crippen LogP contribution in [0.1, 0.15) is 17.4 Å². The Bertz CT molecular complexity index is 697. The van der Waals surface area contributed by atoms with E-state index in [2.05, 4.69) is 4.98 Å². The van der Waals surface area contributed by atoms with Crippen molar-refractivity contribution in [3.8, 4) is 0 Å². The molecule has 114 valence electrons. The molecule has 0 aliphatic carbocycles. The minimum Gasteiger partial charge on any atom is -0.383 e. The van der Waals surface area contributed by atoms with Gasteiger partial charge in [-0.25, -0.2) is 13.4 Å². The molecule has 0 saturated carbocycles. The number of aryl methyl sites for hydroxylation is 1. The number of nitrogen functional groups attached to an aromatic ring is 1. The third kappa shape index (κ3) is 3.61. The quantitative estimate of drug-likeness (QED) is 0.884. The van der Waals surface area contributed by atoms with Crippen LogP contribution in [-0.4, -0.2) is 30.8 Å². The van der Waals surface area contributed by atoms with Gasteiger partial charge in [-0.15, -0.1) is 11.3 Å². The summed E-state index contributed by atoms with van der Waals surface area (Å²) < 4.78 is 26.7. The molecule has 2 aromatic heterocycles. The molecule has 0 radical (unpaired) electrons. The van der Waals surface area contributed by atoms with Crippen molar-refractivity contribution in [1.29, 1.82) is 0 Å². The van der Waals surface area contributed by atoms with Crippen LogP contribution in [0.3, 0.4) is 0 Å². The first-order valence-corrected chi connectivity index (χ1v) is 9.01. The van der Waals surface area contributed by atoms with Gasteiger partial charge in [-0.2, -0.15) is 4.31 Å². The van der Waals surface area contributed by atoms with Gasteiger partial charge in [0.1, 0.15) is 10.7 Å². The van der Waals surface area contributed by atoms with Gasteiger partial charge in [0.2, 0.25) is 10.0 Å². The van der Waals surface area contributed by atoms with Crippen LogP contribution in [0.15, 0.2) is 34.7 Å². The number of sulfonamides is 1. The number of hydrogen-bond acceptors (Lipinski definition) is 5. The zero-order chi connectivity index (χ0) is 15.5. The number of hydrogen-bond donors (Lipinski definition) is 1. The lowest BCUT2D eigenvalue weighted by Gasteiger charge is -2.20. The molecule has 2 aromatic rings. The third-order valence-electron chi connectivity index (χ3n) is 3.27. The highest BCUT2D eigenvalue weighted by Gasteiger charge is 2.23. The topological polar surface area (TPSA) is 76.3 Å². The summed E-state index contributed by atoms with van der Waals surface area (Å²) in [6.07, 6.45) is 2.04. The molecule has 0 spiro atoms. The second-order valence-corrected chi connectivity index (χ2v) is 7.67. The predicted molar refractivity (Wildman–Crippen MR) is 85.8 cm³/mol. The van der Waals surface area contributed by atoms with Crippen LogP contribution in [0.5, 0.6) is 0 Å². The average Bonchev–Trinajstić information content (AvgIpc) is 2.95. The Kier molecular flexibility index (Phi) is 4.97. The van der Waals surface area contributed by atoms with Gasteiger partial charge >= 0.3 is 0 Å². The molecule has 0 aliphatic heterocycles. The molecule has 7 heteroatoms. The number of likely N-dealkylation sites (N-methyl/N-ethyl adjacent to an activating group) is 1. The Morgan fingerprint density at radius 1 is 1.43 bits per heavy atom. The summed E-state index contributed by atoms with van der Waals surface area (Å²) in [6, 6.07) is 5.56. The van der Waals surface area contributed by atoms with Crippen LogP contribution in [-0.2, 0) is 16.4 Å². The van der Waals surface area contributed by atoms with Crippen LogP contribution in [0.25, 0.3) is 0 Å². The highest BCUT2D eigenvalue weighted by molar-refractivity contribution is 7.89. The van der Waals surface area contributed by atoms with Gasteiger partial charge in [0.05, 0.1) is 0 Å². The molecule has 0 atom stereocenters. The number of aromatic nitrogens is 1. The second kappa shape index (κ2) is 6.55. The first kappa shape index (κ1) is 15.9. The fraction of sp³-hybridized carbons (Fsp3) is 0.357. The molecule has 0 unspecified atom stereocenters. The molecular formula is C14H19N3O2S2. The zero-order valence-corrected chi connectivity index (χ0v) is 13.7. The summed E-state index contributed by atoms with van der Waals surface area (Å²) in [5.41, 5.74) is 6.32. The van der Waals surface area contributed by atoms with Crippen molar-refractivity contribution in [1.82, 2.24) is 9.29 Å². The minimum atomic E-state index is -3.52. The van der Waals surface area contributed by atoms with Crippen molar-refractivity contribution in [2.24, 2.45) is 0 Å². The van der Waals surface area contributed by atoms with E-state index < -0.39 is 10.0 Å². The fourth-order valence-corrected chi connectivity index (χ4v) is 4.17. The molecule has 2 rings (SSSR count). The van der Waals surface area contributed by atoms with E-state index in [1.165, 1.54) is 15.4 Å². The van der Waals surface area contributed by atoms with E-state index in [9.17, 15) is 8.42 Å². The SMILES string of the molecule is CCN(CCc1cccs1)S(=O)(=O)c1cnc(N)c(C)c1. The molecule has 0 bridgehead atoms. The highest BCUT2D eigenvalue weighted by Crippen LogP contribution is 2.19. The molecule has 0 aliphatic rings. The first-order chi connectivity index (χ1) is 9.95. The van der Waals surface area contributed by atoms with Gasteiger partial charge in [-0.05, 0) is 36.4 Å². The predicted octanol–water partition coefficient (Wildman–Crippen LogP) is 2.29. The van der Waals surface area contributed by atoms with Gasteiger partial charge in [0.25, 0.3) is 0 Å². The van der Waals surface area contributed by atoms with E-state index in [1.54, 1.807) is 24.3 Å². The van der Waals surface area contributed by atoms with Crippen molar-refractivity contribution in [3.05, 3.63) is 40.2 Å². The molecule has 0 saturated heterocycles. The molecule has 5 nitrogen and oxygen atoms in total. The summed E-state index contributed by atoms with van der Waals surface area (Å²) in [4.78, 5) is 5.32. The molecule has 0 amide bonds. The molecule has 2 heterocycles. The van der Waals surface area contributed by atoms with E-state index in [4.69, 9.17) is 5.73 Å². The summed E-state index contributed by atoms with van der Waals surface area (Å²) in [7, 11) is -3.52. The molecule has 0 fully saturated rings. The lowest BCUT2D eigenvalue weighted by molar-refractivity contribution is 0.431. The monoisotopic (exact) mass is 325 g/mol. The number of rotatable bonds is 6. The third-order valence-corrected chi connectivity index (χ3v) is 6.15. The Hall–Kier alpha value is -1.44. The largest absolute Gasteiger partial charge is 0.383 e. The Labute approximate surface area is 129 Å². The van der Waals surface area contributed by atoms with Crippen LogP contribution < -0.4 is 5.73 Å². The van der Waals surface area contributed by atoms with Gasteiger partial charge in [0, 0.05) is 24.2 Å². The molecular weight excluding hydrogens is 306 g/mol.